The molecule has 0 atom stereocenters. The normalized spacial score (nSPS) is 10.0. The zero-order valence-electron chi connectivity index (χ0n) is 11.9. The van der Waals surface area contributed by atoms with E-state index in [0.29, 0.717) is 11.3 Å². The second kappa shape index (κ2) is 6.62. The summed E-state index contributed by atoms with van der Waals surface area (Å²) in [5.41, 5.74) is 1.03. The number of carbonyl (C=O) groups is 2. The number of carbonyl (C=O) groups excluding carboxylic acids is 2. The first-order valence-corrected chi connectivity index (χ1v) is 6.52. The number of esters is 1. The van der Waals surface area contributed by atoms with Crippen LogP contribution < -0.4 is 5.32 Å². The fraction of sp³-hybridized carbons (Fsp3) is 0.125. The largest absolute Gasteiger partial charge is 0.508 e. The highest BCUT2D eigenvalue weighted by molar-refractivity contribution is 5.96. The highest BCUT2D eigenvalue weighted by Gasteiger charge is 2.15. The van der Waals surface area contributed by atoms with Crippen molar-refractivity contribution in [2.75, 3.05) is 11.9 Å². The number of ether oxygens (including phenoxy) is 1. The molecule has 1 amide bonds. The van der Waals surface area contributed by atoms with E-state index in [4.69, 9.17) is 9.84 Å². The molecule has 0 fully saturated rings. The summed E-state index contributed by atoms with van der Waals surface area (Å²) in [4.78, 5) is 23.5. The Labute approximate surface area is 127 Å². The summed E-state index contributed by atoms with van der Waals surface area (Å²) in [5.74, 6) is -1.38. The summed E-state index contributed by atoms with van der Waals surface area (Å²) < 4.78 is 4.86. The zero-order chi connectivity index (χ0) is 16.1. The fourth-order valence-electron chi connectivity index (χ4n) is 1.77. The van der Waals surface area contributed by atoms with Gasteiger partial charge in [-0.25, -0.2) is 4.79 Å². The third-order valence-electron chi connectivity index (χ3n) is 2.94. The second-order valence-corrected chi connectivity index (χ2v) is 4.64. The van der Waals surface area contributed by atoms with E-state index in [1.807, 2.05) is 0 Å². The number of aromatic hydroxyl groups is 2. The number of hydrogen-bond donors (Lipinski definition) is 3. The number of nitrogens with one attached hydrogen (secondary N) is 1. The number of phenolic OH excluding ortho intramolecular Hbond substituents is 2. The zero-order valence-corrected chi connectivity index (χ0v) is 11.9. The monoisotopic (exact) mass is 301 g/mol. The van der Waals surface area contributed by atoms with Crippen LogP contribution in [0.25, 0.3) is 0 Å². The molecule has 0 heterocycles. The molecule has 0 aromatic heterocycles. The van der Waals surface area contributed by atoms with Crippen LogP contribution in [0.3, 0.4) is 0 Å². The minimum Gasteiger partial charge on any atom is -0.508 e. The van der Waals surface area contributed by atoms with Gasteiger partial charge in [0.2, 0.25) is 0 Å². The Bertz CT molecular complexity index is 694. The Kier molecular flexibility index (Phi) is 4.63. The number of hydrogen-bond acceptors (Lipinski definition) is 5. The van der Waals surface area contributed by atoms with Gasteiger partial charge in [-0.1, -0.05) is 12.1 Å². The molecule has 2 aromatic rings. The maximum absolute atomic E-state index is 11.8. The lowest BCUT2D eigenvalue weighted by molar-refractivity contribution is -0.119. The maximum atomic E-state index is 11.8. The molecule has 0 unspecified atom stereocenters. The third-order valence-corrected chi connectivity index (χ3v) is 2.94. The minimum absolute atomic E-state index is 0.0115. The first-order chi connectivity index (χ1) is 10.5. The molecule has 0 saturated heterocycles. The number of phenols is 2. The highest BCUT2D eigenvalue weighted by Crippen LogP contribution is 2.22. The summed E-state index contributed by atoms with van der Waals surface area (Å²) in [6.45, 7) is 1.18. The summed E-state index contributed by atoms with van der Waals surface area (Å²) in [6, 6.07) is 10.6. The van der Waals surface area contributed by atoms with Crippen LogP contribution in [0.5, 0.6) is 11.5 Å². The number of rotatable bonds is 4. The molecular formula is C16H15NO5. The van der Waals surface area contributed by atoms with Gasteiger partial charge in [0.25, 0.3) is 5.91 Å². The molecule has 3 N–H and O–H groups in total. The second-order valence-electron chi connectivity index (χ2n) is 4.64. The lowest BCUT2D eigenvalue weighted by atomic mass is 10.1. The van der Waals surface area contributed by atoms with E-state index in [1.54, 1.807) is 19.1 Å². The van der Waals surface area contributed by atoms with E-state index >= 15 is 0 Å². The SMILES string of the molecule is Cc1cccc(C(=O)OCC(=O)Nc2ccc(O)cc2)c1O. The van der Waals surface area contributed by atoms with E-state index in [2.05, 4.69) is 5.32 Å². The van der Waals surface area contributed by atoms with Crippen LogP contribution in [-0.4, -0.2) is 28.7 Å². The summed E-state index contributed by atoms with van der Waals surface area (Å²) in [5, 5.41) is 21.4. The van der Waals surface area contributed by atoms with Crippen molar-refractivity contribution in [2.45, 2.75) is 6.92 Å². The molecule has 0 aliphatic rings. The van der Waals surface area contributed by atoms with Gasteiger partial charge in [0.1, 0.15) is 17.1 Å². The summed E-state index contributed by atoms with van der Waals surface area (Å²) >= 11 is 0. The van der Waals surface area contributed by atoms with Gasteiger partial charge in [-0.2, -0.15) is 0 Å². The average molecular weight is 301 g/mol. The molecule has 22 heavy (non-hydrogen) atoms. The van der Waals surface area contributed by atoms with E-state index in [0.717, 1.165) is 0 Å². The van der Waals surface area contributed by atoms with Crippen molar-refractivity contribution >= 4 is 17.6 Å². The third kappa shape index (κ3) is 3.76. The van der Waals surface area contributed by atoms with E-state index in [-0.39, 0.29) is 17.1 Å². The predicted molar refractivity (Wildman–Crippen MR) is 79.9 cm³/mol. The first kappa shape index (κ1) is 15.4. The fourth-order valence-corrected chi connectivity index (χ4v) is 1.77. The standard InChI is InChI=1S/C16H15NO5/c1-10-3-2-4-13(15(10)20)16(21)22-9-14(19)17-11-5-7-12(18)8-6-11/h2-8,18,20H,9H2,1H3,(H,17,19). The van der Waals surface area contributed by atoms with Gasteiger partial charge in [0.05, 0.1) is 0 Å². The van der Waals surface area contributed by atoms with Crippen LogP contribution in [0.1, 0.15) is 15.9 Å². The smallest absolute Gasteiger partial charge is 0.342 e. The molecule has 6 nitrogen and oxygen atoms in total. The number of para-hydroxylation sites is 1. The Morgan fingerprint density at radius 3 is 2.45 bits per heavy atom. The Morgan fingerprint density at radius 1 is 1.09 bits per heavy atom. The van der Waals surface area contributed by atoms with E-state index < -0.39 is 18.5 Å². The quantitative estimate of drug-likeness (QED) is 0.594. The van der Waals surface area contributed by atoms with Crippen LogP contribution in [-0.2, 0) is 9.53 Å². The average Bonchev–Trinajstić information content (AvgIpc) is 2.50. The van der Waals surface area contributed by atoms with Gasteiger partial charge in [0.15, 0.2) is 6.61 Å². The lowest BCUT2D eigenvalue weighted by Gasteiger charge is -2.08. The molecule has 0 aliphatic heterocycles. The number of aryl methyl sites for hydroxylation is 1. The first-order valence-electron chi connectivity index (χ1n) is 6.52. The number of benzene rings is 2. The van der Waals surface area contributed by atoms with Crippen molar-refractivity contribution in [1.82, 2.24) is 0 Å². The van der Waals surface area contributed by atoms with Crippen LogP contribution in [0, 0.1) is 6.92 Å². The van der Waals surface area contributed by atoms with Crippen LogP contribution in [0.2, 0.25) is 0 Å². The number of anilines is 1. The topological polar surface area (TPSA) is 95.9 Å². The molecule has 2 rings (SSSR count). The van der Waals surface area contributed by atoms with Gasteiger partial charge >= 0.3 is 5.97 Å². The Hall–Kier alpha value is -3.02. The Morgan fingerprint density at radius 2 is 1.77 bits per heavy atom. The van der Waals surface area contributed by atoms with Crippen LogP contribution in [0.15, 0.2) is 42.5 Å². The summed E-state index contributed by atoms with van der Waals surface area (Å²) in [6.07, 6.45) is 0. The molecule has 0 aliphatic carbocycles. The molecule has 2 aromatic carbocycles. The number of amides is 1. The van der Waals surface area contributed by atoms with Gasteiger partial charge in [-0.05, 0) is 42.8 Å². The van der Waals surface area contributed by atoms with Crippen LogP contribution in [0.4, 0.5) is 5.69 Å². The molecular weight excluding hydrogens is 286 g/mol. The van der Waals surface area contributed by atoms with E-state index in [1.165, 1.54) is 30.3 Å². The molecule has 0 radical (unpaired) electrons. The molecule has 114 valence electrons. The molecule has 6 heteroatoms. The summed E-state index contributed by atoms with van der Waals surface area (Å²) in [7, 11) is 0. The predicted octanol–water partition coefficient (Wildman–Crippen LogP) is 2.20. The maximum Gasteiger partial charge on any atom is 0.342 e. The van der Waals surface area contributed by atoms with Crippen LogP contribution >= 0.6 is 0 Å². The van der Waals surface area contributed by atoms with E-state index in [9.17, 15) is 14.7 Å². The molecule has 0 saturated carbocycles. The van der Waals surface area contributed by atoms with Crippen molar-refractivity contribution in [3.63, 3.8) is 0 Å². The molecule has 0 bridgehead atoms. The molecule has 0 spiro atoms. The van der Waals surface area contributed by atoms with Gasteiger partial charge < -0.3 is 20.3 Å². The van der Waals surface area contributed by atoms with Crippen molar-refractivity contribution in [3.05, 3.63) is 53.6 Å². The van der Waals surface area contributed by atoms with Gasteiger partial charge in [-0.15, -0.1) is 0 Å². The van der Waals surface area contributed by atoms with Crippen molar-refractivity contribution in [2.24, 2.45) is 0 Å². The highest BCUT2D eigenvalue weighted by atomic mass is 16.5. The van der Waals surface area contributed by atoms with Gasteiger partial charge in [-0.3, -0.25) is 4.79 Å². The van der Waals surface area contributed by atoms with Crippen molar-refractivity contribution in [3.8, 4) is 11.5 Å². The lowest BCUT2D eigenvalue weighted by Crippen LogP contribution is -2.21. The minimum atomic E-state index is -0.776. The van der Waals surface area contributed by atoms with Crippen molar-refractivity contribution < 1.29 is 24.5 Å². The van der Waals surface area contributed by atoms with Gasteiger partial charge in [0, 0.05) is 5.69 Å². The Balaban J connectivity index is 1.92. The van der Waals surface area contributed by atoms with Crippen molar-refractivity contribution in [1.29, 1.82) is 0 Å².